The molecule has 2 aromatic heterocycles. The maximum Gasteiger partial charge on any atom is 0.264 e. The number of likely N-dealkylation sites (tertiary alicyclic amines) is 1. The summed E-state index contributed by atoms with van der Waals surface area (Å²) < 4.78 is 58.2. The van der Waals surface area contributed by atoms with E-state index < -0.39 is 30.1 Å². The zero-order valence-corrected chi connectivity index (χ0v) is 31.7. The maximum atomic E-state index is 15.5. The number of amides is 3. The van der Waals surface area contributed by atoms with E-state index in [0.29, 0.717) is 77.5 Å². The van der Waals surface area contributed by atoms with E-state index in [1.165, 1.54) is 23.1 Å². The van der Waals surface area contributed by atoms with E-state index >= 15 is 8.78 Å². The van der Waals surface area contributed by atoms with Crippen LogP contribution in [0, 0.1) is 25.5 Å². The molecule has 10 nitrogen and oxygen atoms in total. The van der Waals surface area contributed by atoms with Gasteiger partial charge in [0.15, 0.2) is 5.82 Å². The van der Waals surface area contributed by atoms with Crippen molar-refractivity contribution < 1.29 is 31.9 Å². The lowest BCUT2D eigenvalue weighted by molar-refractivity contribution is -0.136. The number of benzene rings is 3. The molecule has 5 aromatic rings. The van der Waals surface area contributed by atoms with E-state index in [0.717, 1.165) is 16.3 Å². The number of anilines is 1. The highest BCUT2D eigenvalue weighted by molar-refractivity contribution is 6.05. The van der Waals surface area contributed by atoms with Crippen molar-refractivity contribution >= 4 is 34.3 Å². The molecule has 3 amide bonds. The van der Waals surface area contributed by atoms with Gasteiger partial charge in [-0.1, -0.05) is 24.3 Å². The van der Waals surface area contributed by atoms with Crippen molar-refractivity contribution in [2.24, 2.45) is 0 Å². The van der Waals surface area contributed by atoms with E-state index in [2.05, 4.69) is 25.7 Å². The van der Waals surface area contributed by atoms with Crippen LogP contribution < -0.4 is 10.6 Å². The molecule has 294 valence electrons. The maximum absolute atomic E-state index is 15.5. The van der Waals surface area contributed by atoms with Crippen molar-refractivity contribution in [1.29, 1.82) is 0 Å². The molecule has 2 saturated heterocycles. The van der Waals surface area contributed by atoms with Crippen molar-refractivity contribution in [2.45, 2.75) is 84.0 Å². The minimum atomic E-state index is -2.59. The van der Waals surface area contributed by atoms with Crippen molar-refractivity contribution in [3.05, 3.63) is 117 Å². The van der Waals surface area contributed by atoms with Crippen LogP contribution in [-0.2, 0) is 22.7 Å². The van der Waals surface area contributed by atoms with Gasteiger partial charge in [0.25, 0.3) is 12.3 Å². The van der Waals surface area contributed by atoms with Crippen molar-refractivity contribution in [1.82, 2.24) is 30.3 Å². The Bertz CT molecular complexity index is 2430. The largest absolute Gasteiger partial charge is 0.362 e. The second-order valence-electron chi connectivity index (χ2n) is 15.3. The summed E-state index contributed by atoms with van der Waals surface area (Å²) in [6.45, 7) is 7.12. The summed E-state index contributed by atoms with van der Waals surface area (Å²) in [6, 6.07) is 13.5. The molecule has 2 fully saturated rings. The fraction of sp³-hybridized carbons (Fsp3) is 0.349. The fourth-order valence-corrected chi connectivity index (χ4v) is 8.52. The normalized spacial score (nSPS) is 18.4. The summed E-state index contributed by atoms with van der Waals surface area (Å²) in [5.74, 6) is -1.73. The number of halogens is 4. The average Bonchev–Trinajstić information content (AvgIpc) is 3.50. The number of imide groups is 1. The molecule has 3 aliphatic rings. The predicted octanol–water partition coefficient (Wildman–Crippen LogP) is 7.84. The third-order valence-corrected chi connectivity index (χ3v) is 11.7. The quantitative estimate of drug-likeness (QED) is 0.115. The molecule has 2 N–H and O–H groups in total. The third-order valence-electron chi connectivity index (χ3n) is 11.7. The Morgan fingerprint density at radius 3 is 2.44 bits per heavy atom. The second-order valence-corrected chi connectivity index (χ2v) is 15.3. The summed E-state index contributed by atoms with van der Waals surface area (Å²) in [5.41, 5.74) is 5.12. The smallest absolute Gasteiger partial charge is 0.264 e. The Morgan fingerprint density at radius 1 is 0.912 bits per heavy atom. The zero-order chi connectivity index (χ0) is 40.1. The molecule has 0 radical (unpaired) electrons. The van der Waals surface area contributed by atoms with Crippen LogP contribution in [0.3, 0.4) is 0 Å². The highest BCUT2D eigenvalue weighted by atomic mass is 19.3. The van der Waals surface area contributed by atoms with Crippen LogP contribution in [0.15, 0.2) is 60.8 Å². The molecule has 0 spiro atoms. The van der Waals surface area contributed by atoms with Gasteiger partial charge in [-0.2, -0.15) is 5.10 Å². The molecule has 0 bridgehead atoms. The topological polar surface area (TPSA) is 120 Å². The highest BCUT2D eigenvalue weighted by Crippen LogP contribution is 2.37. The standard InChI is InChI=1S/C43H41F4N7O3/c1-22-29(5-4-6-30(22)40(46)47)23(2)49-41-33-18-37(48-19-34(33)24(3)51-52-41)26-7-8-35(44)28(15-26)20-53-13-11-25(12-14-53)31-16-27-21-54(43(57)32(27)17-36(31)45)38-9-10-39(55)50-42(38)56/h4-8,15-19,23,25,38,40H,9-14,20-21H2,1-3H3,(H,49,52)(H,50,55,56). The molecular weight excluding hydrogens is 739 g/mol. The van der Waals surface area contributed by atoms with Gasteiger partial charge in [-0.3, -0.25) is 29.6 Å². The first-order valence-corrected chi connectivity index (χ1v) is 19.1. The van der Waals surface area contributed by atoms with Gasteiger partial charge in [0.1, 0.15) is 17.7 Å². The predicted molar refractivity (Wildman–Crippen MR) is 205 cm³/mol. The first-order valence-electron chi connectivity index (χ1n) is 19.1. The molecule has 0 aliphatic carbocycles. The lowest BCUT2D eigenvalue weighted by Crippen LogP contribution is -2.52. The molecule has 14 heteroatoms. The molecule has 3 aromatic carbocycles. The van der Waals surface area contributed by atoms with E-state index in [9.17, 15) is 23.2 Å². The third kappa shape index (κ3) is 7.34. The lowest BCUT2D eigenvalue weighted by atomic mass is 9.87. The number of hydrogen-bond donors (Lipinski definition) is 2. The van der Waals surface area contributed by atoms with Crippen molar-refractivity contribution in [2.75, 3.05) is 18.4 Å². The number of pyridine rings is 1. The molecule has 5 heterocycles. The lowest BCUT2D eigenvalue weighted by Gasteiger charge is -2.32. The van der Waals surface area contributed by atoms with Crippen molar-refractivity contribution in [3.63, 3.8) is 0 Å². The second kappa shape index (κ2) is 15.3. The number of aryl methyl sites for hydroxylation is 1. The van der Waals surface area contributed by atoms with Crippen LogP contribution in [0.5, 0.6) is 0 Å². The monoisotopic (exact) mass is 779 g/mol. The van der Waals surface area contributed by atoms with Gasteiger partial charge in [-0.25, -0.2) is 17.6 Å². The molecule has 8 rings (SSSR count). The first-order chi connectivity index (χ1) is 27.4. The average molecular weight is 780 g/mol. The molecule has 3 aliphatic heterocycles. The van der Waals surface area contributed by atoms with Crippen LogP contribution in [0.2, 0.25) is 0 Å². The van der Waals surface area contributed by atoms with Crippen LogP contribution in [0.4, 0.5) is 23.4 Å². The van der Waals surface area contributed by atoms with Gasteiger partial charge in [-0.05, 0) is 112 Å². The molecular formula is C43H41F4N7O3. The molecule has 57 heavy (non-hydrogen) atoms. The Balaban J connectivity index is 0.963. The number of rotatable bonds is 9. The van der Waals surface area contributed by atoms with Gasteiger partial charge in [0, 0.05) is 58.7 Å². The van der Waals surface area contributed by atoms with Gasteiger partial charge in [0.05, 0.1) is 17.4 Å². The zero-order valence-electron chi connectivity index (χ0n) is 31.7. The molecule has 2 unspecified atom stereocenters. The number of hydrogen-bond acceptors (Lipinski definition) is 8. The number of aromatic nitrogens is 3. The number of piperidine rings is 2. The summed E-state index contributed by atoms with van der Waals surface area (Å²) in [5, 5.41) is 15.9. The van der Waals surface area contributed by atoms with Crippen molar-refractivity contribution in [3.8, 4) is 11.3 Å². The highest BCUT2D eigenvalue weighted by Gasteiger charge is 2.40. The number of carbonyl (C=O) groups is 3. The van der Waals surface area contributed by atoms with E-state index in [4.69, 9.17) is 4.98 Å². The Kier molecular flexibility index (Phi) is 10.2. The van der Waals surface area contributed by atoms with Crippen LogP contribution in [0.1, 0.15) is 100 Å². The van der Waals surface area contributed by atoms with Crippen LogP contribution in [0.25, 0.3) is 22.0 Å². The van der Waals surface area contributed by atoms with Gasteiger partial charge >= 0.3 is 0 Å². The molecule has 0 saturated carbocycles. The fourth-order valence-electron chi connectivity index (χ4n) is 8.52. The Labute approximate surface area is 326 Å². The summed E-state index contributed by atoms with van der Waals surface area (Å²) >= 11 is 0. The van der Waals surface area contributed by atoms with Crippen LogP contribution >= 0.6 is 0 Å². The minimum absolute atomic E-state index is 0.0164. The number of fused-ring (bicyclic) bond motifs is 2. The SMILES string of the molecule is Cc1c(C(F)F)cccc1C(C)Nc1nnc(C)c2cnc(-c3ccc(F)c(CN4CCC(c5cc6c(cc5F)C(=O)N(C5CCC(=O)NC5=O)C6)CC4)c3)cc12. The summed E-state index contributed by atoms with van der Waals surface area (Å²) in [7, 11) is 0. The van der Waals surface area contributed by atoms with Gasteiger partial charge < -0.3 is 10.2 Å². The number of nitrogens with one attached hydrogen (secondary N) is 2. The minimum Gasteiger partial charge on any atom is -0.362 e. The Hall–Kier alpha value is -5.76. The van der Waals surface area contributed by atoms with Crippen LogP contribution in [-0.4, -0.2) is 61.8 Å². The van der Waals surface area contributed by atoms with E-state index in [1.807, 2.05) is 26.0 Å². The summed E-state index contributed by atoms with van der Waals surface area (Å²) in [6.07, 6.45) is 0.764. The number of alkyl halides is 2. The number of nitrogens with zero attached hydrogens (tertiary/aromatic N) is 5. The first kappa shape index (κ1) is 38.1. The summed E-state index contributed by atoms with van der Waals surface area (Å²) in [4.78, 5) is 45.5. The van der Waals surface area contributed by atoms with E-state index in [1.54, 1.807) is 37.4 Å². The Morgan fingerprint density at radius 2 is 1.68 bits per heavy atom. The van der Waals surface area contributed by atoms with Gasteiger partial charge in [-0.15, -0.1) is 5.10 Å². The van der Waals surface area contributed by atoms with E-state index in [-0.39, 0.29) is 54.2 Å². The number of carbonyl (C=O) groups excluding carboxylic acids is 3. The van der Waals surface area contributed by atoms with Gasteiger partial charge in [0.2, 0.25) is 11.8 Å². The molecule has 2 atom stereocenters.